The number of amides is 1. The first-order valence-corrected chi connectivity index (χ1v) is 12.3. The van der Waals surface area contributed by atoms with Gasteiger partial charge in [0.05, 0.1) is 32.9 Å². The molecule has 0 aliphatic heterocycles. The summed E-state index contributed by atoms with van der Waals surface area (Å²) in [5.74, 6) is -1.38. The van der Waals surface area contributed by atoms with Crippen LogP contribution >= 0.6 is 11.3 Å². The third-order valence-electron chi connectivity index (χ3n) is 4.80. The lowest BCUT2D eigenvalue weighted by Crippen LogP contribution is -2.22. The molecule has 0 atom stereocenters. The van der Waals surface area contributed by atoms with E-state index in [4.69, 9.17) is 0 Å². The first-order valence-electron chi connectivity index (χ1n) is 9.82. The van der Waals surface area contributed by atoms with Gasteiger partial charge in [0.25, 0.3) is 5.69 Å². The van der Waals surface area contributed by atoms with Crippen LogP contribution in [0.25, 0.3) is 10.2 Å². The molecular formula is C21H21N3O7S2. The topological polar surface area (TPSA) is 138 Å². The number of aryl methyl sites for hydroxylation is 1. The van der Waals surface area contributed by atoms with Gasteiger partial charge in [-0.05, 0) is 31.5 Å². The first-order chi connectivity index (χ1) is 15.6. The fraction of sp³-hybridized carbons (Fsp3) is 0.286. The van der Waals surface area contributed by atoms with Crippen molar-refractivity contribution in [3.05, 3.63) is 62.9 Å². The molecule has 12 heteroatoms. The molecule has 2 aromatic carbocycles. The molecule has 0 aliphatic carbocycles. The highest BCUT2D eigenvalue weighted by Crippen LogP contribution is 2.23. The molecule has 0 saturated carbocycles. The first kappa shape index (κ1) is 24.3. The average molecular weight is 492 g/mol. The summed E-state index contributed by atoms with van der Waals surface area (Å²) in [7, 11) is -2.32. The Morgan fingerprint density at radius 2 is 1.88 bits per heavy atom. The number of fused-ring (bicyclic) bond motifs is 1. The third-order valence-corrected chi connectivity index (χ3v) is 7.67. The Morgan fingerprint density at radius 1 is 1.18 bits per heavy atom. The van der Waals surface area contributed by atoms with Gasteiger partial charge in [0.1, 0.15) is 6.54 Å². The number of carbonyl (C=O) groups is 2. The number of nitro groups is 1. The Hall–Kier alpha value is -3.38. The maximum absolute atomic E-state index is 12.4. The van der Waals surface area contributed by atoms with Crippen LogP contribution in [-0.4, -0.2) is 42.6 Å². The van der Waals surface area contributed by atoms with Gasteiger partial charge in [0, 0.05) is 18.6 Å². The normalized spacial score (nSPS) is 12.1. The molecule has 174 valence electrons. The lowest BCUT2D eigenvalue weighted by molar-refractivity contribution is -0.384. The second-order valence-corrected chi connectivity index (χ2v) is 10.3. The molecule has 33 heavy (non-hydrogen) atoms. The summed E-state index contributed by atoms with van der Waals surface area (Å²) in [6.07, 6.45) is -0.0381. The van der Waals surface area contributed by atoms with Crippen molar-refractivity contribution in [3.63, 3.8) is 0 Å². The average Bonchev–Trinajstić information content (AvgIpc) is 3.09. The van der Waals surface area contributed by atoms with Crippen molar-refractivity contribution in [2.45, 2.75) is 31.2 Å². The largest absolute Gasteiger partial charge is 0.468 e. The number of esters is 1. The molecule has 1 aromatic heterocycles. The Bertz CT molecular complexity index is 1390. The molecule has 0 bridgehead atoms. The van der Waals surface area contributed by atoms with Crippen LogP contribution in [0, 0.1) is 17.0 Å². The van der Waals surface area contributed by atoms with Gasteiger partial charge in [-0.25, -0.2) is 8.42 Å². The Morgan fingerprint density at radius 3 is 2.52 bits per heavy atom. The molecule has 1 amide bonds. The van der Waals surface area contributed by atoms with Crippen molar-refractivity contribution >= 4 is 49.0 Å². The van der Waals surface area contributed by atoms with Crippen LogP contribution in [0.3, 0.4) is 0 Å². The van der Waals surface area contributed by atoms with Gasteiger partial charge in [0.15, 0.2) is 14.6 Å². The molecule has 0 saturated heterocycles. The number of nitrogens with zero attached hydrogens (tertiary/aromatic N) is 3. The molecular weight excluding hydrogens is 470 g/mol. The number of ether oxygens (including phenoxy) is 1. The third kappa shape index (κ3) is 5.90. The van der Waals surface area contributed by atoms with E-state index in [0.717, 1.165) is 16.9 Å². The second kappa shape index (κ2) is 10.0. The number of sulfone groups is 1. The molecule has 0 unspecified atom stereocenters. The van der Waals surface area contributed by atoms with Crippen LogP contribution in [0.15, 0.2) is 52.4 Å². The zero-order valence-corrected chi connectivity index (χ0v) is 19.5. The summed E-state index contributed by atoms with van der Waals surface area (Å²) in [5.41, 5.74) is 1.14. The zero-order chi connectivity index (χ0) is 24.2. The lowest BCUT2D eigenvalue weighted by atomic mass is 10.2. The van der Waals surface area contributed by atoms with Crippen LogP contribution in [0.1, 0.15) is 18.4 Å². The summed E-state index contributed by atoms with van der Waals surface area (Å²) in [4.78, 5) is 39.3. The van der Waals surface area contributed by atoms with Crippen molar-refractivity contribution in [2.24, 2.45) is 4.99 Å². The van der Waals surface area contributed by atoms with E-state index in [1.807, 2.05) is 6.92 Å². The fourth-order valence-corrected chi connectivity index (χ4v) is 5.38. The van der Waals surface area contributed by atoms with Crippen molar-refractivity contribution < 1.29 is 27.7 Å². The van der Waals surface area contributed by atoms with Gasteiger partial charge >= 0.3 is 5.97 Å². The van der Waals surface area contributed by atoms with E-state index in [0.29, 0.717) is 10.2 Å². The number of carbonyl (C=O) groups excluding carboxylic acids is 2. The zero-order valence-electron chi connectivity index (χ0n) is 17.9. The monoisotopic (exact) mass is 491 g/mol. The van der Waals surface area contributed by atoms with Crippen LogP contribution in [0.5, 0.6) is 0 Å². The minimum absolute atomic E-state index is 0.0753. The van der Waals surface area contributed by atoms with Crippen molar-refractivity contribution in [3.8, 4) is 0 Å². The van der Waals surface area contributed by atoms with Gasteiger partial charge in [0.2, 0.25) is 5.91 Å². The van der Waals surface area contributed by atoms with E-state index < -0.39 is 26.6 Å². The summed E-state index contributed by atoms with van der Waals surface area (Å²) >= 11 is 1.09. The number of methoxy groups -OCH3 is 1. The molecule has 0 spiro atoms. The van der Waals surface area contributed by atoms with Gasteiger partial charge in [-0.1, -0.05) is 29.0 Å². The molecule has 3 aromatic rings. The minimum atomic E-state index is -3.53. The molecule has 0 aliphatic rings. The van der Waals surface area contributed by atoms with Gasteiger partial charge in [-0.2, -0.15) is 4.99 Å². The molecule has 0 fully saturated rings. The highest BCUT2D eigenvalue weighted by molar-refractivity contribution is 7.91. The number of non-ortho nitro benzene ring substituents is 1. The Labute approximate surface area is 193 Å². The van der Waals surface area contributed by atoms with Crippen LogP contribution in [0.4, 0.5) is 5.69 Å². The number of hydrogen-bond acceptors (Lipinski definition) is 8. The minimum Gasteiger partial charge on any atom is -0.468 e. The maximum Gasteiger partial charge on any atom is 0.325 e. The second-order valence-electron chi connectivity index (χ2n) is 7.20. The van der Waals surface area contributed by atoms with E-state index in [1.165, 1.54) is 42.0 Å². The number of aromatic nitrogens is 1. The number of benzene rings is 2. The summed E-state index contributed by atoms with van der Waals surface area (Å²) in [6, 6.07) is 10.6. The van der Waals surface area contributed by atoms with Crippen LogP contribution < -0.4 is 4.80 Å². The van der Waals surface area contributed by atoms with E-state index in [1.54, 1.807) is 12.1 Å². The van der Waals surface area contributed by atoms with Crippen molar-refractivity contribution in [2.75, 3.05) is 12.9 Å². The summed E-state index contributed by atoms with van der Waals surface area (Å²) in [6.45, 7) is 1.57. The fourth-order valence-electron chi connectivity index (χ4n) is 3.04. The molecule has 0 N–H and O–H groups in total. The van der Waals surface area contributed by atoms with Crippen molar-refractivity contribution in [1.82, 2.24) is 4.57 Å². The number of rotatable bonds is 8. The maximum atomic E-state index is 12.4. The lowest BCUT2D eigenvalue weighted by Gasteiger charge is -2.04. The quantitative estimate of drug-likeness (QED) is 0.268. The number of hydrogen-bond donors (Lipinski definition) is 0. The van der Waals surface area contributed by atoms with Crippen LogP contribution in [0.2, 0.25) is 0 Å². The smallest absolute Gasteiger partial charge is 0.325 e. The standard InChI is InChI=1S/C21H21N3O7S2/c1-14-5-8-16(9-6-14)33(29,30)11-3-4-19(25)22-21-23(13-20(26)31-2)17-12-15(24(27)28)7-10-18(17)32-21/h5-10,12H,3-4,11,13H2,1-2H3. The van der Waals surface area contributed by atoms with Crippen molar-refractivity contribution in [1.29, 1.82) is 0 Å². The van der Waals surface area contributed by atoms with E-state index in [-0.39, 0.29) is 40.5 Å². The van der Waals surface area contributed by atoms with Crippen LogP contribution in [-0.2, 0) is 30.7 Å². The van der Waals surface area contributed by atoms with Gasteiger partial charge in [-0.3, -0.25) is 19.7 Å². The predicted octanol–water partition coefficient (Wildman–Crippen LogP) is 2.77. The summed E-state index contributed by atoms with van der Waals surface area (Å²) < 4.78 is 31.5. The SMILES string of the molecule is COC(=O)Cn1c(=NC(=O)CCCS(=O)(=O)c2ccc(C)cc2)sc2ccc([N+](=O)[O-])cc21. The molecule has 0 radical (unpaired) electrons. The highest BCUT2D eigenvalue weighted by atomic mass is 32.2. The van der Waals surface area contributed by atoms with Gasteiger partial charge in [-0.15, -0.1) is 0 Å². The highest BCUT2D eigenvalue weighted by Gasteiger charge is 2.17. The predicted molar refractivity (Wildman–Crippen MR) is 122 cm³/mol. The molecule has 3 rings (SSSR count). The Kier molecular flexibility index (Phi) is 7.39. The van der Waals surface area contributed by atoms with E-state index >= 15 is 0 Å². The van der Waals surface area contributed by atoms with E-state index in [9.17, 15) is 28.1 Å². The number of nitro benzene ring substituents is 1. The Balaban J connectivity index is 1.83. The number of thiazole rings is 1. The van der Waals surface area contributed by atoms with Gasteiger partial charge < -0.3 is 9.30 Å². The molecule has 1 heterocycles. The summed E-state index contributed by atoms with van der Waals surface area (Å²) in [5, 5.41) is 11.1. The van der Waals surface area contributed by atoms with E-state index in [2.05, 4.69) is 9.73 Å². The molecule has 10 nitrogen and oxygen atoms in total.